The molecule has 2 aromatic carbocycles. The van der Waals surface area contributed by atoms with Crippen molar-refractivity contribution < 1.29 is 13.2 Å². The van der Waals surface area contributed by atoms with Crippen LogP contribution in [-0.4, -0.2) is 31.2 Å². The molecular formula is C19H21ClN2O3S. The number of benzene rings is 2. The summed E-state index contributed by atoms with van der Waals surface area (Å²) < 4.78 is 27.2. The summed E-state index contributed by atoms with van der Waals surface area (Å²) in [5.74, 6) is -0.330. The van der Waals surface area contributed by atoms with E-state index < -0.39 is 16.1 Å². The van der Waals surface area contributed by atoms with Crippen molar-refractivity contribution in [1.29, 1.82) is 0 Å². The van der Waals surface area contributed by atoms with Crippen molar-refractivity contribution >= 4 is 33.2 Å². The van der Waals surface area contributed by atoms with Crippen LogP contribution in [0.15, 0.2) is 47.4 Å². The zero-order chi connectivity index (χ0) is 18.9. The lowest BCUT2D eigenvalue weighted by Gasteiger charge is -2.24. The van der Waals surface area contributed by atoms with Gasteiger partial charge >= 0.3 is 0 Å². The molecule has 2 aromatic rings. The Morgan fingerprint density at radius 2 is 1.85 bits per heavy atom. The second-order valence-electron chi connectivity index (χ2n) is 6.49. The molecule has 26 heavy (non-hydrogen) atoms. The molecule has 1 aliphatic rings. The summed E-state index contributed by atoms with van der Waals surface area (Å²) in [4.78, 5) is 13.0. The molecule has 0 spiro atoms. The molecule has 1 fully saturated rings. The van der Waals surface area contributed by atoms with Crippen molar-refractivity contribution in [3.63, 3.8) is 0 Å². The SMILES string of the molecule is Cc1ccc(S(=O)(=O)N2CCC[C@@H]2C(=O)Nc2cccc(Cl)c2C)cc1. The van der Waals surface area contributed by atoms with E-state index in [1.165, 1.54) is 4.31 Å². The summed E-state index contributed by atoms with van der Waals surface area (Å²) in [5.41, 5.74) is 2.34. The van der Waals surface area contributed by atoms with Crippen molar-refractivity contribution in [3.05, 3.63) is 58.6 Å². The highest BCUT2D eigenvalue weighted by Gasteiger charge is 2.39. The van der Waals surface area contributed by atoms with Crippen molar-refractivity contribution in [1.82, 2.24) is 4.31 Å². The van der Waals surface area contributed by atoms with Gasteiger partial charge in [0.15, 0.2) is 0 Å². The zero-order valence-corrected chi connectivity index (χ0v) is 16.3. The molecule has 1 N–H and O–H groups in total. The highest BCUT2D eigenvalue weighted by molar-refractivity contribution is 7.89. The second kappa shape index (κ2) is 7.39. The Balaban J connectivity index is 1.84. The van der Waals surface area contributed by atoms with Gasteiger partial charge < -0.3 is 5.32 Å². The molecule has 0 saturated carbocycles. The van der Waals surface area contributed by atoms with E-state index in [0.717, 1.165) is 11.1 Å². The number of rotatable bonds is 4. The van der Waals surface area contributed by atoms with E-state index in [2.05, 4.69) is 5.32 Å². The van der Waals surface area contributed by atoms with Gasteiger partial charge in [0.25, 0.3) is 0 Å². The number of hydrogen-bond donors (Lipinski definition) is 1. The Kier molecular flexibility index (Phi) is 5.37. The molecule has 3 rings (SSSR count). The minimum Gasteiger partial charge on any atom is -0.324 e. The fraction of sp³-hybridized carbons (Fsp3) is 0.316. The Morgan fingerprint density at radius 3 is 2.54 bits per heavy atom. The molecule has 0 aromatic heterocycles. The number of sulfonamides is 1. The van der Waals surface area contributed by atoms with Gasteiger partial charge in [-0.2, -0.15) is 4.31 Å². The second-order valence-corrected chi connectivity index (χ2v) is 8.79. The first-order chi connectivity index (χ1) is 12.3. The number of hydrogen-bond acceptors (Lipinski definition) is 3. The number of aryl methyl sites for hydroxylation is 1. The first-order valence-corrected chi connectivity index (χ1v) is 10.3. The molecule has 0 radical (unpaired) electrons. The van der Waals surface area contributed by atoms with E-state index in [9.17, 15) is 13.2 Å². The van der Waals surface area contributed by atoms with E-state index in [0.29, 0.717) is 30.1 Å². The van der Waals surface area contributed by atoms with E-state index in [-0.39, 0.29) is 10.8 Å². The average Bonchev–Trinajstić information content (AvgIpc) is 3.10. The Bertz CT molecular complexity index is 926. The lowest BCUT2D eigenvalue weighted by molar-refractivity contribution is -0.119. The first kappa shape index (κ1) is 18.9. The third kappa shape index (κ3) is 3.63. The topological polar surface area (TPSA) is 66.5 Å². The molecule has 0 bridgehead atoms. The quantitative estimate of drug-likeness (QED) is 0.861. The molecule has 1 atom stereocenters. The fourth-order valence-corrected chi connectivity index (χ4v) is 4.93. The third-order valence-electron chi connectivity index (χ3n) is 4.66. The summed E-state index contributed by atoms with van der Waals surface area (Å²) in [6, 6.07) is 11.2. The monoisotopic (exact) mass is 392 g/mol. The maximum Gasteiger partial charge on any atom is 0.243 e. The van der Waals surface area contributed by atoms with Gasteiger partial charge in [-0.05, 0) is 56.5 Å². The molecule has 0 unspecified atom stereocenters. The summed E-state index contributed by atoms with van der Waals surface area (Å²) in [5, 5.41) is 3.38. The first-order valence-electron chi connectivity index (χ1n) is 8.45. The molecule has 1 aliphatic heterocycles. The average molecular weight is 393 g/mol. The molecule has 0 aliphatic carbocycles. The van der Waals surface area contributed by atoms with Gasteiger partial charge in [0.1, 0.15) is 6.04 Å². The van der Waals surface area contributed by atoms with E-state index >= 15 is 0 Å². The van der Waals surface area contributed by atoms with E-state index in [4.69, 9.17) is 11.6 Å². The van der Waals surface area contributed by atoms with Crippen LogP contribution in [-0.2, 0) is 14.8 Å². The highest BCUT2D eigenvalue weighted by atomic mass is 35.5. The van der Waals surface area contributed by atoms with Crippen molar-refractivity contribution in [2.45, 2.75) is 37.6 Å². The maximum absolute atomic E-state index is 13.0. The molecule has 1 saturated heterocycles. The number of carbonyl (C=O) groups excluding carboxylic acids is 1. The minimum absolute atomic E-state index is 0.210. The third-order valence-corrected chi connectivity index (χ3v) is 6.99. The standard InChI is InChI=1S/C19H21ClN2O3S/c1-13-8-10-15(11-9-13)26(24,25)22-12-4-7-18(22)19(23)21-17-6-3-5-16(20)14(17)2/h3,5-6,8-11,18H,4,7,12H2,1-2H3,(H,21,23)/t18-/m1/s1. The van der Waals surface area contributed by atoms with Crippen LogP contribution >= 0.6 is 11.6 Å². The summed E-state index contributed by atoms with van der Waals surface area (Å²) in [6.45, 7) is 4.05. The Hall–Kier alpha value is -1.89. The normalized spacial score (nSPS) is 18.0. The van der Waals surface area contributed by atoms with Crippen LogP contribution in [0.25, 0.3) is 0 Å². The number of carbonyl (C=O) groups is 1. The summed E-state index contributed by atoms with van der Waals surface area (Å²) in [7, 11) is -3.71. The van der Waals surface area contributed by atoms with E-state index in [1.54, 1.807) is 42.5 Å². The number of nitrogens with one attached hydrogen (secondary N) is 1. The predicted octanol–water partition coefficient (Wildman–Crippen LogP) is 3.75. The summed E-state index contributed by atoms with van der Waals surface area (Å²) in [6.07, 6.45) is 1.15. The lowest BCUT2D eigenvalue weighted by atomic mass is 10.1. The van der Waals surface area contributed by atoms with Crippen LogP contribution in [0.1, 0.15) is 24.0 Å². The van der Waals surface area contributed by atoms with Crippen LogP contribution < -0.4 is 5.32 Å². The van der Waals surface area contributed by atoms with Gasteiger partial charge in [-0.25, -0.2) is 8.42 Å². The smallest absolute Gasteiger partial charge is 0.243 e. The number of halogens is 1. The van der Waals surface area contributed by atoms with Crippen LogP contribution in [0.2, 0.25) is 5.02 Å². The predicted molar refractivity (Wildman–Crippen MR) is 103 cm³/mol. The molecule has 1 heterocycles. The highest BCUT2D eigenvalue weighted by Crippen LogP contribution is 2.28. The fourth-order valence-electron chi connectivity index (χ4n) is 3.09. The molecule has 138 valence electrons. The van der Waals surface area contributed by atoms with Gasteiger partial charge in [0.05, 0.1) is 4.90 Å². The number of anilines is 1. The van der Waals surface area contributed by atoms with Gasteiger partial charge in [0, 0.05) is 17.3 Å². The lowest BCUT2D eigenvalue weighted by Crippen LogP contribution is -2.43. The van der Waals surface area contributed by atoms with Gasteiger partial charge in [-0.3, -0.25) is 4.79 Å². The van der Waals surface area contributed by atoms with Crippen molar-refractivity contribution in [2.24, 2.45) is 0 Å². The van der Waals surface area contributed by atoms with Crippen LogP contribution in [0.3, 0.4) is 0 Å². The maximum atomic E-state index is 13.0. The van der Waals surface area contributed by atoms with Crippen molar-refractivity contribution in [3.8, 4) is 0 Å². The Labute approximate surface area is 159 Å². The molecule has 5 nitrogen and oxygen atoms in total. The van der Waals surface area contributed by atoms with Crippen molar-refractivity contribution in [2.75, 3.05) is 11.9 Å². The summed E-state index contributed by atoms with van der Waals surface area (Å²) >= 11 is 6.09. The largest absolute Gasteiger partial charge is 0.324 e. The Morgan fingerprint density at radius 1 is 1.15 bits per heavy atom. The molecule has 1 amide bonds. The van der Waals surface area contributed by atoms with Crippen LogP contribution in [0.4, 0.5) is 5.69 Å². The number of amides is 1. The van der Waals surface area contributed by atoms with Gasteiger partial charge in [-0.1, -0.05) is 35.4 Å². The van der Waals surface area contributed by atoms with E-state index in [1.807, 2.05) is 13.8 Å². The number of nitrogens with zero attached hydrogens (tertiary/aromatic N) is 1. The van der Waals surface area contributed by atoms with Gasteiger partial charge in [-0.15, -0.1) is 0 Å². The molecule has 7 heteroatoms. The van der Waals surface area contributed by atoms with Crippen LogP contribution in [0, 0.1) is 13.8 Å². The molecular weight excluding hydrogens is 372 g/mol. The zero-order valence-electron chi connectivity index (χ0n) is 14.7. The van der Waals surface area contributed by atoms with Gasteiger partial charge in [0.2, 0.25) is 15.9 Å². The van der Waals surface area contributed by atoms with Crippen LogP contribution in [0.5, 0.6) is 0 Å². The minimum atomic E-state index is -3.71.